The fraction of sp³-hybridized carbons (Fsp3) is 0.517. The second-order valence-corrected chi connectivity index (χ2v) is 9.38. The molecular weight excluding hydrogens is 472 g/mol. The van der Waals surface area contributed by atoms with Crippen LogP contribution < -0.4 is 9.47 Å². The van der Waals surface area contributed by atoms with Crippen molar-refractivity contribution in [1.29, 1.82) is 0 Å². The van der Waals surface area contributed by atoms with E-state index in [1.165, 1.54) is 0 Å². The summed E-state index contributed by atoms with van der Waals surface area (Å²) in [6, 6.07) is 15.7. The maximum atomic E-state index is 5.87. The average molecular weight is 511 g/mol. The first-order valence-corrected chi connectivity index (χ1v) is 13.0. The van der Waals surface area contributed by atoms with Gasteiger partial charge in [0.15, 0.2) is 0 Å². The Kier molecular flexibility index (Phi) is 10.5. The van der Waals surface area contributed by atoms with Crippen LogP contribution in [0.4, 0.5) is 0 Å². The van der Waals surface area contributed by atoms with E-state index >= 15 is 0 Å². The molecule has 200 valence electrons. The number of hydrogen-bond donors (Lipinski definition) is 0. The summed E-state index contributed by atoms with van der Waals surface area (Å²) in [5, 5.41) is 0. The van der Waals surface area contributed by atoms with Crippen molar-refractivity contribution in [1.82, 2.24) is 0 Å². The Labute approximate surface area is 219 Å². The SMILES string of the molecule is COc1ccc(C=NCCCC2COC3(OC2)OCC(CCCN=Cc2ccc(OC)cc2)CO3)cc1. The molecular formula is C29H38N2O6. The molecule has 0 amide bonds. The van der Waals surface area contributed by atoms with Gasteiger partial charge < -0.3 is 28.4 Å². The maximum Gasteiger partial charge on any atom is 0.412 e. The number of methoxy groups -OCH3 is 2. The van der Waals surface area contributed by atoms with Gasteiger partial charge in [0.25, 0.3) is 0 Å². The van der Waals surface area contributed by atoms with Crippen molar-refractivity contribution < 1.29 is 28.4 Å². The molecule has 0 N–H and O–H groups in total. The van der Waals surface area contributed by atoms with Gasteiger partial charge >= 0.3 is 6.16 Å². The minimum absolute atomic E-state index is 0.315. The highest BCUT2D eigenvalue weighted by Crippen LogP contribution is 2.31. The highest BCUT2D eigenvalue weighted by Gasteiger charge is 2.44. The van der Waals surface area contributed by atoms with Crippen LogP contribution in [0.5, 0.6) is 11.5 Å². The van der Waals surface area contributed by atoms with E-state index in [0.29, 0.717) is 38.3 Å². The Morgan fingerprint density at radius 2 is 1.05 bits per heavy atom. The van der Waals surface area contributed by atoms with Crippen LogP contribution in [-0.4, -0.2) is 72.3 Å². The van der Waals surface area contributed by atoms with Crippen LogP contribution in [0.25, 0.3) is 0 Å². The van der Waals surface area contributed by atoms with Gasteiger partial charge in [-0.2, -0.15) is 0 Å². The van der Waals surface area contributed by atoms with Crippen LogP contribution in [0.3, 0.4) is 0 Å². The maximum absolute atomic E-state index is 5.87. The van der Waals surface area contributed by atoms with Gasteiger partial charge in [-0.15, -0.1) is 0 Å². The van der Waals surface area contributed by atoms with Crippen molar-refractivity contribution in [2.45, 2.75) is 31.8 Å². The Morgan fingerprint density at radius 3 is 1.41 bits per heavy atom. The van der Waals surface area contributed by atoms with Crippen LogP contribution in [0.1, 0.15) is 36.8 Å². The Hall–Kier alpha value is -2.78. The summed E-state index contributed by atoms with van der Waals surface area (Å²) in [6.45, 7) is 3.79. The standard InChI is InChI=1S/C29H38N2O6/c1-32-27-11-7-23(8-12-27)17-30-15-3-5-25-19-34-29(35-20-25)36-21-26(22-37-29)6-4-16-31-18-24-9-13-28(33-2)14-10-24/h7-14,17-18,25-26H,3-6,15-16,19-22H2,1-2H3. The predicted molar refractivity (Wildman–Crippen MR) is 143 cm³/mol. The molecule has 2 aliphatic rings. The van der Waals surface area contributed by atoms with Gasteiger partial charge in [-0.3, -0.25) is 9.98 Å². The third-order valence-corrected chi connectivity index (χ3v) is 6.49. The predicted octanol–water partition coefficient (Wildman–Crippen LogP) is 4.74. The van der Waals surface area contributed by atoms with Gasteiger partial charge in [0.2, 0.25) is 0 Å². The number of aliphatic imine (C=N–C) groups is 2. The second-order valence-electron chi connectivity index (χ2n) is 9.38. The number of ether oxygens (including phenoxy) is 6. The number of rotatable bonds is 12. The van der Waals surface area contributed by atoms with E-state index in [2.05, 4.69) is 9.98 Å². The summed E-state index contributed by atoms with van der Waals surface area (Å²) in [6.07, 6.45) is 6.38. The molecule has 1 spiro atoms. The van der Waals surface area contributed by atoms with Crippen molar-refractivity contribution >= 4 is 12.4 Å². The second kappa shape index (κ2) is 14.2. The Balaban J connectivity index is 1.06. The quantitative estimate of drug-likeness (QED) is 0.303. The summed E-state index contributed by atoms with van der Waals surface area (Å²) in [4.78, 5) is 9.04. The molecule has 0 radical (unpaired) electrons. The molecule has 0 aromatic heterocycles. The smallest absolute Gasteiger partial charge is 0.412 e. The van der Waals surface area contributed by atoms with Crippen molar-refractivity contribution in [3.63, 3.8) is 0 Å². The van der Waals surface area contributed by atoms with Crippen LogP contribution in [0.15, 0.2) is 58.5 Å². The molecule has 0 saturated carbocycles. The van der Waals surface area contributed by atoms with Crippen molar-refractivity contribution in [3.05, 3.63) is 59.7 Å². The number of benzene rings is 2. The topological polar surface area (TPSA) is 80.1 Å². The Morgan fingerprint density at radius 1 is 0.676 bits per heavy atom. The molecule has 2 heterocycles. The molecule has 2 aromatic rings. The van der Waals surface area contributed by atoms with Crippen LogP contribution >= 0.6 is 0 Å². The lowest BCUT2D eigenvalue weighted by Gasteiger charge is -2.42. The van der Waals surface area contributed by atoms with Gasteiger partial charge in [-0.1, -0.05) is 0 Å². The van der Waals surface area contributed by atoms with Gasteiger partial charge in [0.05, 0.1) is 40.6 Å². The summed E-state index contributed by atoms with van der Waals surface area (Å²) >= 11 is 0. The zero-order chi connectivity index (χ0) is 25.8. The molecule has 0 bridgehead atoms. The van der Waals surface area contributed by atoms with E-state index in [1.54, 1.807) is 14.2 Å². The normalized spacial score (nSPS) is 24.2. The largest absolute Gasteiger partial charge is 0.497 e. The zero-order valence-electron chi connectivity index (χ0n) is 21.8. The van der Waals surface area contributed by atoms with Crippen molar-refractivity contribution in [2.24, 2.45) is 21.8 Å². The lowest BCUT2D eigenvalue weighted by atomic mass is 10.0. The summed E-state index contributed by atoms with van der Waals surface area (Å²) in [5.74, 6) is 2.32. The molecule has 0 unspecified atom stereocenters. The van der Waals surface area contributed by atoms with E-state index in [9.17, 15) is 0 Å². The monoisotopic (exact) mass is 510 g/mol. The molecule has 4 rings (SSSR count). The third-order valence-electron chi connectivity index (χ3n) is 6.49. The van der Waals surface area contributed by atoms with Crippen LogP contribution in [-0.2, 0) is 18.9 Å². The van der Waals surface area contributed by atoms with Gasteiger partial charge in [-0.25, -0.2) is 0 Å². The van der Waals surface area contributed by atoms with E-state index in [0.717, 1.165) is 61.4 Å². The van der Waals surface area contributed by atoms with Gasteiger partial charge in [0, 0.05) is 37.4 Å². The zero-order valence-corrected chi connectivity index (χ0v) is 21.8. The number of hydrogen-bond acceptors (Lipinski definition) is 8. The molecule has 0 aliphatic carbocycles. The molecule has 2 aromatic carbocycles. The molecule has 2 fully saturated rings. The summed E-state index contributed by atoms with van der Waals surface area (Å²) in [7, 11) is 3.33. The average Bonchev–Trinajstić information content (AvgIpc) is 2.95. The highest BCUT2D eigenvalue weighted by molar-refractivity contribution is 5.80. The molecule has 8 heteroatoms. The van der Waals surface area contributed by atoms with Crippen molar-refractivity contribution in [2.75, 3.05) is 53.7 Å². The summed E-state index contributed by atoms with van der Waals surface area (Å²) in [5.41, 5.74) is 2.14. The minimum atomic E-state index is -1.33. The summed E-state index contributed by atoms with van der Waals surface area (Å²) < 4.78 is 33.8. The first-order valence-electron chi connectivity index (χ1n) is 13.0. The van der Waals surface area contributed by atoms with E-state index in [4.69, 9.17) is 28.4 Å². The molecule has 2 saturated heterocycles. The van der Waals surface area contributed by atoms with Gasteiger partial charge in [0.1, 0.15) is 11.5 Å². The lowest BCUT2D eigenvalue weighted by Crippen LogP contribution is -2.53. The first-order chi connectivity index (χ1) is 18.2. The fourth-order valence-corrected chi connectivity index (χ4v) is 4.22. The molecule has 8 nitrogen and oxygen atoms in total. The molecule has 37 heavy (non-hydrogen) atoms. The minimum Gasteiger partial charge on any atom is -0.497 e. The number of nitrogens with zero attached hydrogens (tertiary/aromatic N) is 2. The fourth-order valence-electron chi connectivity index (χ4n) is 4.22. The Bertz CT molecular complexity index is 891. The van der Waals surface area contributed by atoms with Crippen molar-refractivity contribution in [3.8, 4) is 11.5 Å². The van der Waals surface area contributed by atoms with E-state index in [-0.39, 0.29) is 0 Å². The third kappa shape index (κ3) is 8.64. The first kappa shape index (κ1) is 27.3. The van der Waals surface area contributed by atoms with Crippen LogP contribution in [0.2, 0.25) is 0 Å². The molecule has 0 atom stereocenters. The van der Waals surface area contributed by atoms with E-state index < -0.39 is 6.16 Å². The molecule has 2 aliphatic heterocycles. The van der Waals surface area contributed by atoms with E-state index in [1.807, 2.05) is 61.0 Å². The highest BCUT2D eigenvalue weighted by atomic mass is 17.0. The lowest BCUT2D eigenvalue weighted by molar-refractivity contribution is -0.535. The van der Waals surface area contributed by atoms with Crippen LogP contribution in [0, 0.1) is 11.8 Å². The van der Waals surface area contributed by atoms with Gasteiger partial charge in [-0.05, 0) is 85.3 Å².